The standard InChI is InChI=1S/C52H58N4O8S2/c1-65(59,60)53-47-33-45(27-29-51(47)63-39-43-23-13-7-14-24-43)49(57)37-55(35-41-19-9-5-10-20-41)31-17-3-4-18-32-56(36-42-21-11-6-12-22-42)38-50(58)46-28-30-52(48(34-46)54-66(2,61)62)64-40-44-25-15-8-16-26-44/h5-16,19-30,33-34,53-54H,3-4,17-18,31-32,35-40H2,1-2H3. The van der Waals surface area contributed by atoms with Crippen molar-refractivity contribution < 1.29 is 35.9 Å². The fourth-order valence-electron chi connectivity index (χ4n) is 7.41. The molecule has 14 heteroatoms. The van der Waals surface area contributed by atoms with Gasteiger partial charge < -0.3 is 9.47 Å². The Bertz CT molecular complexity index is 2520. The number of carbonyl (C=O) groups excluding carboxylic acids is 2. The minimum atomic E-state index is -3.66. The second-order valence-electron chi connectivity index (χ2n) is 16.4. The highest BCUT2D eigenvalue weighted by molar-refractivity contribution is 7.92. The molecule has 0 atom stereocenters. The highest BCUT2D eigenvalue weighted by Gasteiger charge is 2.20. The van der Waals surface area contributed by atoms with E-state index in [-0.39, 0.29) is 49.2 Å². The highest BCUT2D eigenvalue weighted by Crippen LogP contribution is 2.30. The van der Waals surface area contributed by atoms with Crippen molar-refractivity contribution in [2.24, 2.45) is 0 Å². The summed E-state index contributed by atoms with van der Waals surface area (Å²) in [7, 11) is -7.33. The molecule has 0 bridgehead atoms. The molecule has 6 aromatic carbocycles. The number of nitrogens with one attached hydrogen (secondary N) is 2. The van der Waals surface area contributed by atoms with E-state index in [0.717, 1.165) is 60.4 Å². The van der Waals surface area contributed by atoms with E-state index in [1.807, 2.05) is 121 Å². The Balaban J connectivity index is 1.07. The number of ketones is 2. The first-order chi connectivity index (χ1) is 31.8. The number of carbonyl (C=O) groups is 2. The van der Waals surface area contributed by atoms with Gasteiger partial charge in [-0.15, -0.1) is 0 Å². The number of hydrogen-bond donors (Lipinski definition) is 2. The molecule has 0 heterocycles. The molecule has 6 rings (SSSR count). The Labute approximate surface area is 389 Å². The van der Waals surface area contributed by atoms with Crippen LogP contribution in [0.3, 0.4) is 0 Å². The number of hydrogen-bond acceptors (Lipinski definition) is 10. The third kappa shape index (κ3) is 16.9. The number of ether oxygens (including phenoxy) is 2. The number of sulfonamides is 2. The Morgan fingerprint density at radius 3 is 1.12 bits per heavy atom. The van der Waals surface area contributed by atoms with E-state index in [9.17, 15) is 26.4 Å². The van der Waals surface area contributed by atoms with Gasteiger partial charge in [0.25, 0.3) is 0 Å². The van der Waals surface area contributed by atoms with Gasteiger partial charge in [-0.3, -0.25) is 28.8 Å². The fraction of sp³-hybridized carbons (Fsp3) is 0.269. The zero-order valence-electron chi connectivity index (χ0n) is 37.5. The minimum Gasteiger partial charge on any atom is -0.487 e. The third-order valence-electron chi connectivity index (χ3n) is 10.6. The molecule has 6 aromatic rings. The number of unbranched alkanes of at least 4 members (excludes halogenated alkanes) is 3. The van der Waals surface area contributed by atoms with Gasteiger partial charge in [0.2, 0.25) is 20.0 Å². The van der Waals surface area contributed by atoms with E-state index in [2.05, 4.69) is 19.2 Å². The van der Waals surface area contributed by atoms with Crippen LogP contribution in [0.4, 0.5) is 11.4 Å². The monoisotopic (exact) mass is 930 g/mol. The second-order valence-corrected chi connectivity index (χ2v) is 19.9. The summed E-state index contributed by atoms with van der Waals surface area (Å²) in [6, 6.07) is 48.7. The van der Waals surface area contributed by atoms with Crippen molar-refractivity contribution in [2.45, 2.75) is 52.0 Å². The fourth-order valence-corrected chi connectivity index (χ4v) is 8.53. The van der Waals surface area contributed by atoms with Crippen molar-refractivity contribution in [2.75, 3.05) is 48.1 Å². The van der Waals surface area contributed by atoms with Crippen molar-refractivity contribution in [3.63, 3.8) is 0 Å². The molecular formula is C52H58N4O8S2. The van der Waals surface area contributed by atoms with Gasteiger partial charge in [0, 0.05) is 24.2 Å². The molecule has 0 spiro atoms. The molecule has 0 saturated heterocycles. The lowest BCUT2D eigenvalue weighted by molar-refractivity contribution is 0.0913. The first-order valence-corrected chi connectivity index (χ1v) is 25.7. The number of Topliss-reactive ketones (excluding diaryl/α,β-unsaturated/α-hetero) is 2. The first-order valence-electron chi connectivity index (χ1n) is 21.9. The summed E-state index contributed by atoms with van der Waals surface area (Å²) in [6.07, 6.45) is 5.58. The van der Waals surface area contributed by atoms with Crippen LogP contribution in [0.15, 0.2) is 158 Å². The summed E-state index contributed by atoms with van der Waals surface area (Å²) in [5.74, 6) is 0.353. The van der Waals surface area contributed by atoms with Gasteiger partial charge in [-0.05, 0) is 84.6 Å². The van der Waals surface area contributed by atoms with Crippen LogP contribution in [0.25, 0.3) is 0 Å². The van der Waals surface area contributed by atoms with E-state index in [4.69, 9.17) is 9.47 Å². The van der Waals surface area contributed by atoms with E-state index in [0.29, 0.717) is 48.8 Å². The number of rotatable bonds is 27. The molecule has 0 aliphatic heterocycles. The van der Waals surface area contributed by atoms with Gasteiger partial charge in [-0.2, -0.15) is 0 Å². The van der Waals surface area contributed by atoms with Crippen molar-refractivity contribution in [1.82, 2.24) is 9.80 Å². The van der Waals surface area contributed by atoms with Crippen LogP contribution in [0.1, 0.15) is 68.7 Å². The summed E-state index contributed by atoms with van der Waals surface area (Å²) in [5.41, 5.74) is 5.13. The molecule has 0 unspecified atom stereocenters. The van der Waals surface area contributed by atoms with Crippen LogP contribution in [0.2, 0.25) is 0 Å². The van der Waals surface area contributed by atoms with E-state index in [1.165, 1.54) is 0 Å². The summed E-state index contributed by atoms with van der Waals surface area (Å²) < 4.78 is 66.3. The van der Waals surface area contributed by atoms with Gasteiger partial charge in [0.05, 0.1) is 37.0 Å². The Morgan fingerprint density at radius 2 is 0.788 bits per heavy atom. The van der Waals surface area contributed by atoms with Crippen LogP contribution >= 0.6 is 0 Å². The van der Waals surface area contributed by atoms with Crippen LogP contribution < -0.4 is 18.9 Å². The summed E-state index contributed by atoms with van der Waals surface area (Å²) in [4.78, 5) is 31.9. The van der Waals surface area contributed by atoms with Crippen LogP contribution in [-0.4, -0.2) is 76.9 Å². The van der Waals surface area contributed by atoms with Crippen molar-refractivity contribution in [3.8, 4) is 11.5 Å². The summed E-state index contributed by atoms with van der Waals surface area (Å²) >= 11 is 0. The maximum Gasteiger partial charge on any atom is 0.229 e. The van der Waals surface area contributed by atoms with Crippen molar-refractivity contribution in [1.29, 1.82) is 0 Å². The molecule has 12 nitrogen and oxygen atoms in total. The second kappa shape index (κ2) is 24.3. The third-order valence-corrected chi connectivity index (χ3v) is 11.8. The van der Waals surface area contributed by atoms with Gasteiger partial charge in [0.15, 0.2) is 11.6 Å². The predicted molar refractivity (Wildman–Crippen MR) is 262 cm³/mol. The molecule has 0 aromatic heterocycles. The lowest BCUT2D eigenvalue weighted by atomic mass is 10.1. The largest absolute Gasteiger partial charge is 0.487 e. The number of anilines is 2. The molecule has 0 radical (unpaired) electrons. The summed E-state index contributed by atoms with van der Waals surface area (Å²) in [6.45, 7) is 3.17. The van der Waals surface area contributed by atoms with Gasteiger partial charge >= 0.3 is 0 Å². The van der Waals surface area contributed by atoms with Crippen LogP contribution in [-0.2, 0) is 46.3 Å². The van der Waals surface area contributed by atoms with Crippen molar-refractivity contribution >= 4 is 43.0 Å². The van der Waals surface area contributed by atoms with E-state index < -0.39 is 20.0 Å². The molecule has 346 valence electrons. The van der Waals surface area contributed by atoms with Gasteiger partial charge in [0.1, 0.15) is 24.7 Å². The average Bonchev–Trinajstić information content (AvgIpc) is 3.29. The predicted octanol–water partition coefficient (Wildman–Crippen LogP) is 9.22. The molecule has 66 heavy (non-hydrogen) atoms. The average molecular weight is 931 g/mol. The minimum absolute atomic E-state index is 0.131. The number of benzene rings is 6. The molecule has 0 aliphatic carbocycles. The molecule has 0 amide bonds. The highest BCUT2D eigenvalue weighted by atomic mass is 32.2. The normalized spacial score (nSPS) is 11.6. The molecule has 0 fully saturated rings. The van der Waals surface area contributed by atoms with Crippen molar-refractivity contribution in [3.05, 3.63) is 191 Å². The topological polar surface area (TPSA) is 151 Å². The Morgan fingerprint density at radius 1 is 0.455 bits per heavy atom. The van der Waals surface area contributed by atoms with E-state index >= 15 is 0 Å². The quantitative estimate of drug-likeness (QED) is 0.0378. The SMILES string of the molecule is CS(=O)(=O)Nc1cc(C(=O)CN(CCCCCCN(CC(=O)c2ccc(OCc3ccccc3)c(NS(C)(=O)=O)c2)Cc2ccccc2)Cc2ccccc2)ccc1OCc1ccccc1. The van der Waals surface area contributed by atoms with Crippen LogP contribution in [0, 0.1) is 0 Å². The molecule has 0 saturated carbocycles. The van der Waals surface area contributed by atoms with Gasteiger partial charge in [-0.1, -0.05) is 134 Å². The number of nitrogens with zero attached hydrogens (tertiary/aromatic N) is 2. The maximum absolute atomic E-state index is 13.9. The lowest BCUT2D eigenvalue weighted by Gasteiger charge is -2.23. The Hall–Kier alpha value is -6.32. The molecular weight excluding hydrogens is 873 g/mol. The Kier molecular flexibility index (Phi) is 18.1. The smallest absolute Gasteiger partial charge is 0.229 e. The molecule has 0 aliphatic rings. The summed E-state index contributed by atoms with van der Waals surface area (Å²) in [5, 5.41) is 0. The molecule has 2 N–H and O–H groups in total. The lowest BCUT2D eigenvalue weighted by Crippen LogP contribution is -2.31. The first kappa shape index (κ1) is 49.1. The van der Waals surface area contributed by atoms with Crippen LogP contribution in [0.5, 0.6) is 11.5 Å². The van der Waals surface area contributed by atoms with E-state index in [1.54, 1.807) is 36.4 Å². The van der Waals surface area contributed by atoms with Gasteiger partial charge in [-0.25, -0.2) is 16.8 Å². The maximum atomic E-state index is 13.9. The zero-order valence-corrected chi connectivity index (χ0v) is 39.1. The zero-order chi connectivity index (χ0) is 46.8.